The predicted octanol–water partition coefficient (Wildman–Crippen LogP) is 3.96. The first-order valence-corrected chi connectivity index (χ1v) is 11.4. The third kappa shape index (κ3) is 2.22. The summed E-state index contributed by atoms with van der Waals surface area (Å²) in [5, 5.41) is 19.8. The van der Waals surface area contributed by atoms with Crippen LogP contribution in [0.5, 0.6) is 11.5 Å². The Kier molecular flexibility index (Phi) is 3.40. The van der Waals surface area contributed by atoms with Gasteiger partial charge in [0.15, 0.2) is 0 Å². The molecular weight excluding hydrogens is 372 g/mol. The van der Waals surface area contributed by atoms with Crippen LogP contribution in [-0.4, -0.2) is 36.4 Å². The van der Waals surface area contributed by atoms with E-state index in [-0.39, 0.29) is 0 Å². The van der Waals surface area contributed by atoms with Crippen LogP contribution in [0.25, 0.3) is 0 Å². The van der Waals surface area contributed by atoms with Gasteiger partial charge in [0, 0.05) is 49.7 Å². The monoisotopic (exact) mass is 400 g/mol. The first kappa shape index (κ1) is 17.1. The Balaban J connectivity index is 1.14. The van der Waals surface area contributed by atoms with Gasteiger partial charge >= 0.3 is 0 Å². The Morgan fingerprint density at radius 3 is 1.47 bits per heavy atom. The maximum absolute atomic E-state index is 9.93. The number of phenols is 2. The number of rotatable bonds is 2. The molecule has 0 radical (unpaired) electrons. The average Bonchev–Trinajstić information content (AvgIpc) is 3.35. The van der Waals surface area contributed by atoms with E-state index in [0.29, 0.717) is 23.3 Å². The second kappa shape index (κ2) is 5.96. The number of phenolic OH excluding ortho intramolecular Hbond substituents is 2. The van der Waals surface area contributed by atoms with Crippen molar-refractivity contribution in [3.63, 3.8) is 0 Å². The highest BCUT2D eigenvalue weighted by Gasteiger charge is 2.66. The van der Waals surface area contributed by atoms with Gasteiger partial charge in [-0.1, -0.05) is 24.3 Å². The van der Waals surface area contributed by atoms with Crippen molar-refractivity contribution in [1.29, 1.82) is 0 Å². The zero-order valence-corrected chi connectivity index (χ0v) is 17.0. The SMILES string of the molecule is Oc1cccc(N2C[C@@H]3[C@@H]4C=C[C@@H]([C@@H]3C2)[C@H]2[C@H]3CN(c5cccc(O)c5)C[C@@H]3[C@H]42)c1. The van der Waals surface area contributed by atoms with Gasteiger partial charge in [-0.25, -0.2) is 0 Å². The fourth-order valence-corrected chi connectivity index (χ4v) is 8.02. The number of aromatic hydroxyl groups is 2. The van der Waals surface area contributed by atoms with Gasteiger partial charge in [0.05, 0.1) is 0 Å². The average molecular weight is 401 g/mol. The number of fused-ring (bicyclic) bond motifs is 1. The number of hydrogen-bond acceptors (Lipinski definition) is 4. The van der Waals surface area contributed by atoms with Crippen LogP contribution in [0.4, 0.5) is 11.4 Å². The Morgan fingerprint density at radius 2 is 1.03 bits per heavy atom. The first-order chi connectivity index (χ1) is 14.7. The molecule has 4 aliphatic carbocycles. The molecule has 154 valence electrons. The quantitative estimate of drug-likeness (QED) is 0.749. The molecule has 2 heterocycles. The lowest BCUT2D eigenvalue weighted by atomic mass is 9.40. The minimum absolute atomic E-state index is 0.366. The molecule has 0 amide bonds. The molecule has 0 unspecified atom stereocenters. The van der Waals surface area contributed by atoms with Gasteiger partial charge in [-0.15, -0.1) is 0 Å². The van der Waals surface area contributed by atoms with E-state index in [1.165, 1.54) is 11.4 Å². The summed E-state index contributed by atoms with van der Waals surface area (Å²) >= 11 is 0. The van der Waals surface area contributed by atoms with Gasteiger partial charge in [-0.3, -0.25) is 0 Å². The summed E-state index contributed by atoms with van der Waals surface area (Å²) in [4.78, 5) is 5.03. The van der Waals surface area contributed by atoms with Crippen LogP contribution in [0.1, 0.15) is 0 Å². The van der Waals surface area contributed by atoms with Crippen molar-refractivity contribution < 1.29 is 10.2 Å². The zero-order valence-electron chi connectivity index (χ0n) is 17.0. The van der Waals surface area contributed by atoms with E-state index < -0.39 is 0 Å². The van der Waals surface area contributed by atoms with Crippen molar-refractivity contribution in [2.45, 2.75) is 0 Å². The lowest BCUT2D eigenvalue weighted by Gasteiger charge is -2.63. The van der Waals surface area contributed by atoms with Crippen molar-refractivity contribution in [3.05, 3.63) is 60.7 Å². The molecule has 4 fully saturated rings. The highest BCUT2D eigenvalue weighted by Crippen LogP contribution is 2.67. The summed E-state index contributed by atoms with van der Waals surface area (Å²) in [6.07, 6.45) is 5.12. The lowest BCUT2D eigenvalue weighted by Crippen LogP contribution is -2.61. The van der Waals surface area contributed by atoms with E-state index in [2.05, 4.69) is 34.1 Å². The molecule has 4 nitrogen and oxygen atoms in total. The smallest absolute Gasteiger partial charge is 0.117 e. The fraction of sp³-hybridized carbons (Fsp3) is 0.462. The van der Waals surface area contributed by atoms with Crippen LogP contribution in [0.2, 0.25) is 0 Å². The van der Waals surface area contributed by atoms with Crippen LogP contribution in [0.15, 0.2) is 60.7 Å². The largest absolute Gasteiger partial charge is 0.508 e. The van der Waals surface area contributed by atoms with Crippen molar-refractivity contribution in [3.8, 4) is 11.5 Å². The molecule has 2 saturated carbocycles. The molecule has 2 bridgehead atoms. The van der Waals surface area contributed by atoms with E-state index in [1.807, 2.05) is 24.3 Å². The Morgan fingerprint density at radius 1 is 0.600 bits per heavy atom. The van der Waals surface area contributed by atoms with E-state index in [9.17, 15) is 10.2 Å². The van der Waals surface area contributed by atoms with Crippen molar-refractivity contribution in [2.24, 2.45) is 47.3 Å². The molecular formula is C26H28N2O2. The zero-order chi connectivity index (χ0) is 20.0. The van der Waals surface area contributed by atoms with Crippen LogP contribution in [0, 0.1) is 47.3 Å². The van der Waals surface area contributed by atoms with Gasteiger partial charge in [0.2, 0.25) is 0 Å². The lowest BCUT2D eigenvalue weighted by molar-refractivity contribution is -0.119. The highest BCUT2D eigenvalue weighted by molar-refractivity contribution is 5.54. The molecule has 0 spiro atoms. The molecule has 2 N–H and O–H groups in total. The third-order valence-electron chi connectivity index (χ3n) is 9.08. The molecule has 2 aromatic rings. The standard InChI is InChI=1S/C26H28N2O2/c29-17-5-1-3-15(9-17)27-11-21-19-7-8-20(22(21)12-27)26-24-14-28(13-23(24)25(19)26)16-4-2-6-18(30)10-16/h1-10,19-26,29-30H,11-14H2/t19-,20-,21-,22+,23-,24-,25-,26-/m0/s1. The van der Waals surface area contributed by atoms with Crippen molar-refractivity contribution >= 4 is 11.4 Å². The molecule has 0 aromatic heterocycles. The molecule has 2 saturated heterocycles. The second-order valence-electron chi connectivity index (χ2n) is 10.2. The maximum Gasteiger partial charge on any atom is 0.117 e. The van der Waals surface area contributed by atoms with Crippen LogP contribution >= 0.6 is 0 Å². The van der Waals surface area contributed by atoms with Crippen molar-refractivity contribution in [1.82, 2.24) is 0 Å². The summed E-state index contributed by atoms with van der Waals surface area (Å²) in [5.41, 5.74) is 2.35. The Bertz CT molecular complexity index is 999. The molecule has 8 atom stereocenters. The third-order valence-corrected chi connectivity index (χ3v) is 9.08. The minimum atomic E-state index is 0.366. The van der Waals surface area contributed by atoms with E-state index in [1.54, 1.807) is 12.1 Å². The Labute approximate surface area is 177 Å². The molecule has 4 heteroatoms. The van der Waals surface area contributed by atoms with Crippen LogP contribution in [0.3, 0.4) is 0 Å². The van der Waals surface area contributed by atoms with E-state index in [4.69, 9.17) is 0 Å². The van der Waals surface area contributed by atoms with Gasteiger partial charge in [0.1, 0.15) is 11.5 Å². The number of hydrogen-bond donors (Lipinski definition) is 2. The van der Waals surface area contributed by atoms with E-state index >= 15 is 0 Å². The molecule has 30 heavy (non-hydrogen) atoms. The molecule has 8 rings (SSSR count). The molecule has 2 aromatic carbocycles. The number of nitrogens with zero attached hydrogens (tertiary/aromatic N) is 2. The maximum atomic E-state index is 9.93. The summed E-state index contributed by atoms with van der Waals surface area (Å²) in [5.74, 6) is 6.90. The first-order valence-electron chi connectivity index (χ1n) is 11.4. The predicted molar refractivity (Wildman–Crippen MR) is 118 cm³/mol. The van der Waals surface area contributed by atoms with Gasteiger partial charge in [-0.2, -0.15) is 0 Å². The molecule has 2 aliphatic heterocycles. The number of allylic oxidation sites excluding steroid dienone is 2. The Hall–Kier alpha value is -2.62. The summed E-state index contributed by atoms with van der Waals surface area (Å²) in [7, 11) is 0. The van der Waals surface area contributed by atoms with Gasteiger partial charge in [0.25, 0.3) is 0 Å². The fourth-order valence-electron chi connectivity index (χ4n) is 8.02. The minimum Gasteiger partial charge on any atom is -0.508 e. The van der Waals surface area contributed by atoms with Gasteiger partial charge < -0.3 is 20.0 Å². The van der Waals surface area contributed by atoms with Crippen LogP contribution in [-0.2, 0) is 0 Å². The summed E-state index contributed by atoms with van der Waals surface area (Å²) < 4.78 is 0. The van der Waals surface area contributed by atoms with Crippen LogP contribution < -0.4 is 9.80 Å². The summed E-state index contributed by atoms with van der Waals surface area (Å²) in [6, 6.07) is 15.6. The normalized spacial score (nSPS) is 40.1. The van der Waals surface area contributed by atoms with Gasteiger partial charge in [-0.05, 0) is 71.6 Å². The number of benzene rings is 2. The van der Waals surface area contributed by atoms with E-state index in [0.717, 1.165) is 61.7 Å². The number of anilines is 2. The topological polar surface area (TPSA) is 46.9 Å². The summed E-state index contributed by atoms with van der Waals surface area (Å²) in [6.45, 7) is 4.52. The molecule has 6 aliphatic rings. The van der Waals surface area contributed by atoms with Crippen molar-refractivity contribution in [2.75, 3.05) is 36.0 Å². The second-order valence-corrected chi connectivity index (χ2v) is 10.2. The highest BCUT2D eigenvalue weighted by atomic mass is 16.3.